The predicted octanol–water partition coefficient (Wildman–Crippen LogP) is 3.53. The number of hydrogen-bond donors (Lipinski definition) is 1. The quantitative estimate of drug-likeness (QED) is 0.881. The molecule has 0 aliphatic heterocycles. The fourth-order valence-electron chi connectivity index (χ4n) is 1.64. The number of nitrogens with two attached hydrogens (primary N) is 1. The summed E-state index contributed by atoms with van der Waals surface area (Å²) in [6.45, 7) is 2.85. The molecule has 0 amide bonds. The van der Waals surface area contributed by atoms with Gasteiger partial charge in [-0.05, 0) is 36.9 Å². The van der Waals surface area contributed by atoms with Crippen molar-refractivity contribution >= 4 is 23.2 Å². The molecule has 1 unspecified atom stereocenters. The number of benzene rings is 1. The molecule has 2 nitrogen and oxygen atoms in total. The van der Waals surface area contributed by atoms with Crippen molar-refractivity contribution in [2.45, 2.75) is 19.8 Å². The molecule has 1 aromatic carbocycles. The van der Waals surface area contributed by atoms with E-state index in [1.807, 2.05) is 6.07 Å². The van der Waals surface area contributed by atoms with Gasteiger partial charge in [-0.2, -0.15) is 0 Å². The molecule has 0 fully saturated rings. The highest BCUT2D eigenvalue weighted by Gasteiger charge is 2.10. The standard InChI is InChI=1S/C12H17Cl2NO/c1-8(3-4-15)5-9-6-11(14)12(16-2)7-10(9)13/h6-8H,3-5,15H2,1-2H3. The molecule has 0 heterocycles. The molecule has 4 heteroatoms. The van der Waals surface area contributed by atoms with Crippen molar-refractivity contribution in [3.8, 4) is 5.75 Å². The van der Waals surface area contributed by atoms with E-state index in [9.17, 15) is 0 Å². The third kappa shape index (κ3) is 3.55. The van der Waals surface area contributed by atoms with Crippen LogP contribution in [0.25, 0.3) is 0 Å². The van der Waals surface area contributed by atoms with Crippen LogP contribution in [0.4, 0.5) is 0 Å². The SMILES string of the molecule is COc1cc(Cl)c(CC(C)CCN)cc1Cl. The van der Waals surface area contributed by atoms with E-state index < -0.39 is 0 Å². The maximum atomic E-state index is 6.15. The molecule has 0 spiro atoms. The predicted molar refractivity (Wildman–Crippen MR) is 69.6 cm³/mol. The van der Waals surface area contributed by atoms with Gasteiger partial charge in [-0.15, -0.1) is 0 Å². The van der Waals surface area contributed by atoms with Gasteiger partial charge in [-0.25, -0.2) is 0 Å². The summed E-state index contributed by atoms with van der Waals surface area (Å²) in [6.07, 6.45) is 1.87. The third-order valence-electron chi connectivity index (χ3n) is 2.55. The Labute approximate surface area is 107 Å². The number of hydrogen-bond acceptors (Lipinski definition) is 2. The number of rotatable bonds is 5. The van der Waals surface area contributed by atoms with Crippen molar-refractivity contribution in [1.82, 2.24) is 0 Å². The summed E-state index contributed by atoms with van der Waals surface area (Å²) in [7, 11) is 1.58. The Morgan fingerprint density at radius 1 is 1.31 bits per heavy atom. The van der Waals surface area contributed by atoms with Gasteiger partial charge in [0, 0.05) is 11.1 Å². The van der Waals surface area contributed by atoms with Crippen LogP contribution in [0.15, 0.2) is 12.1 Å². The van der Waals surface area contributed by atoms with Crippen molar-refractivity contribution in [3.63, 3.8) is 0 Å². The van der Waals surface area contributed by atoms with Crippen LogP contribution < -0.4 is 10.5 Å². The van der Waals surface area contributed by atoms with E-state index in [1.54, 1.807) is 13.2 Å². The Bertz CT molecular complexity index is 355. The lowest BCUT2D eigenvalue weighted by atomic mass is 9.98. The molecular weight excluding hydrogens is 245 g/mol. The van der Waals surface area contributed by atoms with E-state index in [1.165, 1.54) is 0 Å². The Kier molecular flexibility index (Phi) is 5.39. The van der Waals surface area contributed by atoms with Crippen molar-refractivity contribution in [2.24, 2.45) is 11.7 Å². The van der Waals surface area contributed by atoms with Crippen LogP contribution in [0.1, 0.15) is 18.9 Å². The van der Waals surface area contributed by atoms with Gasteiger partial charge < -0.3 is 10.5 Å². The minimum absolute atomic E-state index is 0.506. The first-order valence-electron chi connectivity index (χ1n) is 5.30. The summed E-state index contributed by atoms with van der Waals surface area (Å²) >= 11 is 12.2. The van der Waals surface area contributed by atoms with Crippen molar-refractivity contribution < 1.29 is 4.74 Å². The average molecular weight is 262 g/mol. The second-order valence-corrected chi connectivity index (χ2v) is 4.78. The molecule has 1 aromatic rings. The molecule has 0 aromatic heterocycles. The first-order chi connectivity index (χ1) is 7.58. The molecule has 16 heavy (non-hydrogen) atoms. The molecule has 0 aliphatic carbocycles. The zero-order valence-corrected chi connectivity index (χ0v) is 11.1. The smallest absolute Gasteiger partial charge is 0.138 e. The van der Waals surface area contributed by atoms with Crippen LogP contribution in [-0.4, -0.2) is 13.7 Å². The van der Waals surface area contributed by atoms with E-state index in [4.69, 9.17) is 33.7 Å². The fourth-order valence-corrected chi connectivity index (χ4v) is 2.14. The summed E-state index contributed by atoms with van der Waals surface area (Å²) < 4.78 is 5.10. The summed E-state index contributed by atoms with van der Waals surface area (Å²) in [4.78, 5) is 0. The Morgan fingerprint density at radius 3 is 2.56 bits per heavy atom. The lowest BCUT2D eigenvalue weighted by Gasteiger charge is -2.13. The minimum Gasteiger partial charge on any atom is -0.495 e. The van der Waals surface area contributed by atoms with Gasteiger partial charge in [0.05, 0.1) is 12.1 Å². The van der Waals surface area contributed by atoms with Crippen LogP contribution in [-0.2, 0) is 6.42 Å². The van der Waals surface area contributed by atoms with E-state index >= 15 is 0 Å². The molecule has 0 aliphatic rings. The van der Waals surface area contributed by atoms with E-state index in [2.05, 4.69) is 6.92 Å². The second-order valence-electron chi connectivity index (χ2n) is 3.96. The van der Waals surface area contributed by atoms with Crippen LogP contribution >= 0.6 is 23.2 Å². The first kappa shape index (κ1) is 13.6. The van der Waals surface area contributed by atoms with Gasteiger partial charge in [0.1, 0.15) is 5.75 Å². The summed E-state index contributed by atoms with van der Waals surface area (Å²) in [6, 6.07) is 3.63. The molecular formula is C12H17Cl2NO. The normalized spacial score (nSPS) is 12.6. The van der Waals surface area contributed by atoms with Gasteiger partial charge in [-0.3, -0.25) is 0 Å². The lowest BCUT2D eigenvalue weighted by molar-refractivity contribution is 0.414. The highest BCUT2D eigenvalue weighted by atomic mass is 35.5. The van der Waals surface area contributed by atoms with Crippen molar-refractivity contribution in [3.05, 3.63) is 27.7 Å². The van der Waals surface area contributed by atoms with Gasteiger partial charge in [0.25, 0.3) is 0 Å². The van der Waals surface area contributed by atoms with Gasteiger partial charge in [-0.1, -0.05) is 30.1 Å². The highest BCUT2D eigenvalue weighted by molar-refractivity contribution is 6.34. The molecule has 1 atom stereocenters. The third-order valence-corrected chi connectivity index (χ3v) is 3.20. The molecule has 0 saturated heterocycles. The van der Waals surface area contributed by atoms with E-state index in [-0.39, 0.29) is 0 Å². The highest BCUT2D eigenvalue weighted by Crippen LogP contribution is 2.32. The fraction of sp³-hybridized carbons (Fsp3) is 0.500. The van der Waals surface area contributed by atoms with Gasteiger partial charge in [0.2, 0.25) is 0 Å². The second kappa shape index (κ2) is 6.33. The molecule has 2 N–H and O–H groups in total. The molecule has 90 valence electrons. The summed E-state index contributed by atoms with van der Waals surface area (Å²) in [5, 5.41) is 1.30. The lowest BCUT2D eigenvalue weighted by Crippen LogP contribution is -2.08. The average Bonchev–Trinajstić information content (AvgIpc) is 2.23. The maximum Gasteiger partial charge on any atom is 0.138 e. The largest absolute Gasteiger partial charge is 0.495 e. The summed E-state index contributed by atoms with van der Waals surface area (Å²) in [5.41, 5.74) is 6.57. The molecule has 0 saturated carbocycles. The van der Waals surface area contributed by atoms with Gasteiger partial charge in [0.15, 0.2) is 0 Å². The maximum absolute atomic E-state index is 6.15. The minimum atomic E-state index is 0.506. The van der Waals surface area contributed by atoms with Crippen molar-refractivity contribution in [1.29, 1.82) is 0 Å². The van der Waals surface area contributed by atoms with Crippen molar-refractivity contribution in [2.75, 3.05) is 13.7 Å². The number of halogens is 2. The Morgan fingerprint density at radius 2 is 2.00 bits per heavy atom. The van der Waals surface area contributed by atoms with Crippen LogP contribution in [0.5, 0.6) is 5.75 Å². The zero-order chi connectivity index (χ0) is 12.1. The Hall–Kier alpha value is -0.440. The first-order valence-corrected chi connectivity index (χ1v) is 6.06. The number of methoxy groups -OCH3 is 1. The van der Waals surface area contributed by atoms with Crippen LogP contribution in [0.3, 0.4) is 0 Å². The monoisotopic (exact) mass is 261 g/mol. The van der Waals surface area contributed by atoms with E-state index in [0.717, 1.165) is 18.4 Å². The molecule has 0 bridgehead atoms. The topological polar surface area (TPSA) is 35.2 Å². The molecule has 0 radical (unpaired) electrons. The zero-order valence-electron chi connectivity index (χ0n) is 9.59. The Balaban J connectivity index is 2.85. The van der Waals surface area contributed by atoms with Crippen LogP contribution in [0.2, 0.25) is 10.0 Å². The van der Waals surface area contributed by atoms with Crippen LogP contribution in [0, 0.1) is 5.92 Å². The number of ether oxygens (including phenoxy) is 1. The summed E-state index contributed by atoms with van der Waals surface area (Å²) in [5.74, 6) is 1.12. The van der Waals surface area contributed by atoms with E-state index in [0.29, 0.717) is 28.3 Å². The van der Waals surface area contributed by atoms with Gasteiger partial charge >= 0.3 is 0 Å². The molecule has 1 rings (SSSR count).